The summed E-state index contributed by atoms with van der Waals surface area (Å²) < 4.78 is 34.6. The fourth-order valence-corrected chi connectivity index (χ4v) is 4.58. The number of hydrogen-bond acceptors (Lipinski definition) is 7. The van der Waals surface area contributed by atoms with Crippen LogP contribution in [0.2, 0.25) is 0 Å². The van der Waals surface area contributed by atoms with Crippen LogP contribution in [0.3, 0.4) is 0 Å². The van der Waals surface area contributed by atoms with Gasteiger partial charge in [-0.3, -0.25) is 4.57 Å². The lowest BCUT2D eigenvalue weighted by Gasteiger charge is -2.23. The number of nitrogens with zero attached hydrogens (tertiary/aromatic N) is 4. The Labute approximate surface area is 207 Å². The first kappa shape index (κ1) is 22.6. The number of ether oxygens (including phenoxy) is 3. The van der Waals surface area contributed by atoms with E-state index in [0.29, 0.717) is 29.1 Å². The molecule has 0 spiro atoms. The summed E-state index contributed by atoms with van der Waals surface area (Å²) in [4.78, 5) is 13.4. The van der Waals surface area contributed by atoms with Gasteiger partial charge in [0.25, 0.3) is 0 Å². The second kappa shape index (κ2) is 8.99. The Hall–Kier alpha value is -3.84. The Bertz CT molecular complexity index is 1460. The van der Waals surface area contributed by atoms with Gasteiger partial charge >= 0.3 is 0 Å². The summed E-state index contributed by atoms with van der Waals surface area (Å²) in [6.07, 6.45) is 1.03. The molecule has 0 radical (unpaired) electrons. The molecule has 4 atom stereocenters. The van der Waals surface area contributed by atoms with Crippen molar-refractivity contribution in [3.8, 4) is 11.8 Å². The quantitative estimate of drug-likeness (QED) is 0.437. The zero-order chi connectivity index (χ0) is 24.7. The van der Waals surface area contributed by atoms with Gasteiger partial charge in [-0.1, -0.05) is 54.3 Å². The van der Waals surface area contributed by atoms with E-state index in [1.165, 1.54) is 12.4 Å². The smallest absolute Gasteiger partial charge is 0.167 e. The summed E-state index contributed by atoms with van der Waals surface area (Å²) in [6, 6.07) is 16.4. The van der Waals surface area contributed by atoms with Crippen LogP contribution in [0, 0.1) is 17.7 Å². The number of rotatable bonds is 4. The average molecular weight is 486 g/mol. The van der Waals surface area contributed by atoms with Gasteiger partial charge in [-0.2, -0.15) is 0 Å². The molecule has 2 aliphatic heterocycles. The topological polar surface area (TPSA) is 83.3 Å². The van der Waals surface area contributed by atoms with Gasteiger partial charge in [-0.05, 0) is 31.5 Å². The van der Waals surface area contributed by atoms with Crippen molar-refractivity contribution in [3.63, 3.8) is 0 Å². The summed E-state index contributed by atoms with van der Waals surface area (Å²) in [5.41, 5.74) is 2.64. The van der Waals surface area contributed by atoms with Crippen LogP contribution in [-0.2, 0) is 20.8 Å². The number of benzene rings is 2. The minimum absolute atomic E-state index is 0.300. The summed E-state index contributed by atoms with van der Waals surface area (Å²) in [5, 5.41) is 3.34. The standard InChI is InChI=1S/C27H24FN5O3/c1-27(2)35-22-20(13-12-18-10-6-7-11-19(18)28)34-26(23(22)36-27)33-16-32-21-24(30-15-31-25(21)33)29-14-17-8-4-3-5-9-17/h3-11,15-16,20,22-23,26H,14H2,1-2H3,(H,29,30,31). The third kappa shape index (κ3) is 4.20. The monoisotopic (exact) mass is 485 g/mol. The van der Waals surface area contributed by atoms with Crippen molar-refractivity contribution in [1.82, 2.24) is 19.5 Å². The highest BCUT2D eigenvalue weighted by Crippen LogP contribution is 2.43. The molecule has 2 fully saturated rings. The van der Waals surface area contributed by atoms with E-state index in [0.717, 1.165) is 5.56 Å². The largest absolute Gasteiger partial charge is 0.364 e. The first-order chi connectivity index (χ1) is 17.5. The first-order valence-corrected chi connectivity index (χ1v) is 11.7. The highest BCUT2D eigenvalue weighted by molar-refractivity contribution is 5.82. The molecule has 2 aromatic carbocycles. The minimum Gasteiger partial charge on any atom is -0.364 e. The SMILES string of the molecule is CC1(C)OC2C(C#Cc3ccccc3F)OC(n3cnc4c(NCc5ccccc5)ncnc43)C2O1. The highest BCUT2D eigenvalue weighted by atomic mass is 19.1. The van der Waals surface area contributed by atoms with Crippen molar-refractivity contribution in [1.29, 1.82) is 0 Å². The molecule has 36 heavy (non-hydrogen) atoms. The number of fused-ring (bicyclic) bond motifs is 2. The van der Waals surface area contributed by atoms with Crippen molar-refractivity contribution in [2.75, 3.05) is 5.32 Å². The van der Waals surface area contributed by atoms with Gasteiger partial charge in [0.15, 0.2) is 29.0 Å². The second-order valence-electron chi connectivity index (χ2n) is 9.15. The van der Waals surface area contributed by atoms with Crippen LogP contribution >= 0.6 is 0 Å². The lowest BCUT2D eigenvalue weighted by Crippen LogP contribution is -2.28. The molecular weight excluding hydrogens is 461 g/mol. The van der Waals surface area contributed by atoms with Crippen molar-refractivity contribution in [2.45, 2.75) is 50.7 Å². The van der Waals surface area contributed by atoms with Crippen molar-refractivity contribution in [3.05, 3.63) is 84.2 Å². The van der Waals surface area contributed by atoms with Gasteiger partial charge < -0.3 is 19.5 Å². The van der Waals surface area contributed by atoms with E-state index < -0.39 is 30.3 Å². The molecule has 2 saturated heterocycles. The zero-order valence-corrected chi connectivity index (χ0v) is 19.8. The molecule has 182 valence electrons. The third-order valence-electron chi connectivity index (χ3n) is 6.19. The lowest BCUT2D eigenvalue weighted by atomic mass is 10.1. The van der Waals surface area contributed by atoms with Crippen LogP contribution in [-0.4, -0.2) is 43.6 Å². The van der Waals surface area contributed by atoms with Gasteiger partial charge in [-0.15, -0.1) is 0 Å². The number of imidazole rings is 1. The molecule has 4 unspecified atom stereocenters. The maximum atomic E-state index is 14.1. The Morgan fingerprint density at radius 1 is 1.00 bits per heavy atom. The maximum absolute atomic E-state index is 14.1. The highest BCUT2D eigenvalue weighted by Gasteiger charge is 2.56. The predicted molar refractivity (Wildman–Crippen MR) is 130 cm³/mol. The van der Waals surface area contributed by atoms with Crippen LogP contribution in [0.5, 0.6) is 0 Å². The summed E-state index contributed by atoms with van der Waals surface area (Å²) in [6.45, 7) is 4.30. The van der Waals surface area contributed by atoms with E-state index >= 15 is 0 Å². The molecule has 6 rings (SSSR count). The Morgan fingerprint density at radius 2 is 1.78 bits per heavy atom. The van der Waals surface area contributed by atoms with E-state index in [2.05, 4.69) is 32.1 Å². The molecule has 8 nitrogen and oxygen atoms in total. The van der Waals surface area contributed by atoms with Crippen LogP contribution in [0.25, 0.3) is 11.2 Å². The lowest BCUT2D eigenvalue weighted by molar-refractivity contribution is -0.190. The van der Waals surface area contributed by atoms with Gasteiger partial charge in [0.2, 0.25) is 0 Å². The molecule has 0 amide bonds. The number of nitrogens with one attached hydrogen (secondary N) is 1. The number of hydrogen-bond donors (Lipinski definition) is 1. The summed E-state index contributed by atoms with van der Waals surface area (Å²) in [7, 11) is 0. The Balaban J connectivity index is 1.30. The molecule has 4 aromatic rings. The van der Waals surface area contributed by atoms with Crippen molar-refractivity contribution < 1.29 is 18.6 Å². The normalized spacial score (nSPS) is 24.3. The molecule has 0 bridgehead atoms. The van der Waals surface area contributed by atoms with E-state index in [1.54, 1.807) is 24.5 Å². The summed E-state index contributed by atoms with van der Waals surface area (Å²) in [5.74, 6) is 5.36. The number of aromatic nitrogens is 4. The van der Waals surface area contributed by atoms with Crippen LogP contribution in [0.4, 0.5) is 10.2 Å². The predicted octanol–water partition coefficient (Wildman–Crippen LogP) is 4.05. The first-order valence-electron chi connectivity index (χ1n) is 11.7. The minimum atomic E-state index is -0.816. The molecule has 2 aromatic heterocycles. The van der Waals surface area contributed by atoms with E-state index in [4.69, 9.17) is 14.2 Å². The second-order valence-corrected chi connectivity index (χ2v) is 9.15. The van der Waals surface area contributed by atoms with Crippen LogP contribution in [0.15, 0.2) is 67.3 Å². The van der Waals surface area contributed by atoms with Crippen molar-refractivity contribution >= 4 is 17.0 Å². The molecule has 1 N–H and O–H groups in total. The van der Waals surface area contributed by atoms with Crippen LogP contribution in [0.1, 0.15) is 31.2 Å². The van der Waals surface area contributed by atoms with Gasteiger partial charge in [0, 0.05) is 6.54 Å². The van der Waals surface area contributed by atoms with E-state index in [-0.39, 0.29) is 5.82 Å². The summed E-state index contributed by atoms with van der Waals surface area (Å²) >= 11 is 0. The third-order valence-corrected chi connectivity index (χ3v) is 6.19. The van der Waals surface area contributed by atoms with Gasteiger partial charge in [0.1, 0.15) is 30.5 Å². The molecular formula is C27H24FN5O3. The molecule has 0 saturated carbocycles. The van der Waals surface area contributed by atoms with Gasteiger partial charge in [-0.25, -0.2) is 19.3 Å². The molecule has 4 heterocycles. The Morgan fingerprint density at radius 3 is 2.61 bits per heavy atom. The maximum Gasteiger partial charge on any atom is 0.167 e. The number of anilines is 1. The fourth-order valence-electron chi connectivity index (χ4n) is 4.58. The van der Waals surface area contributed by atoms with Gasteiger partial charge in [0.05, 0.1) is 11.9 Å². The Kier molecular flexibility index (Phi) is 5.64. The van der Waals surface area contributed by atoms with Crippen molar-refractivity contribution in [2.24, 2.45) is 0 Å². The van der Waals surface area contributed by atoms with Crippen LogP contribution < -0.4 is 5.32 Å². The average Bonchev–Trinajstić information content (AvgIpc) is 3.54. The number of halogens is 1. The molecule has 0 aliphatic carbocycles. The van der Waals surface area contributed by atoms with E-state index in [1.807, 2.05) is 48.7 Å². The fraction of sp³-hybridized carbons (Fsp3) is 0.296. The zero-order valence-electron chi connectivity index (χ0n) is 19.8. The molecule has 9 heteroatoms. The van der Waals surface area contributed by atoms with E-state index in [9.17, 15) is 4.39 Å². The molecule has 2 aliphatic rings.